The molecule has 1 heterocycles. The quantitative estimate of drug-likeness (QED) is 0.324. The summed E-state index contributed by atoms with van der Waals surface area (Å²) in [5, 5.41) is 6.72. The van der Waals surface area contributed by atoms with E-state index in [0.29, 0.717) is 0 Å². The van der Waals surface area contributed by atoms with Crippen LogP contribution in [0.5, 0.6) is 0 Å². The van der Waals surface area contributed by atoms with Crippen molar-refractivity contribution in [1.29, 1.82) is 0 Å². The highest BCUT2D eigenvalue weighted by molar-refractivity contribution is 14.0. The predicted octanol–water partition coefficient (Wildman–Crippen LogP) is 3.67. The van der Waals surface area contributed by atoms with E-state index in [1.165, 1.54) is 29.3 Å². The first-order valence-electron chi connectivity index (χ1n) is 9.69. The SMILES string of the molecule is CCNC(=NCC(=O)N1CCCCC1)NCC1(c2ccccc2Br)CC1.I. The molecule has 2 fully saturated rings. The van der Waals surface area contributed by atoms with Gasteiger partial charge in [0, 0.05) is 36.1 Å². The van der Waals surface area contributed by atoms with Crippen LogP contribution >= 0.6 is 39.9 Å². The van der Waals surface area contributed by atoms with Gasteiger partial charge in [0.05, 0.1) is 0 Å². The number of likely N-dealkylation sites (tertiary alicyclic amines) is 1. The predicted molar refractivity (Wildman–Crippen MR) is 125 cm³/mol. The van der Waals surface area contributed by atoms with Gasteiger partial charge in [-0.15, -0.1) is 24.0 Å². The molecule has 7 heteroatoms. The number of hydrogen-bond donors (Lipinski definition) is 2. The Morgan fingerprint density at radius 3 is 2.52 bits per heavy atom. The van der Waals surface area contributed by atoms with E-state index in [1.807, 2.05) is 11.8 Å². The monoisotopic (exact) mass is 548 g/mol. The number of nitrogens with one attached hydrogen (secondary N) is 2. The van der Waals surface area contributed by atoms with E-state index in [9.17, 15) is 4.79 Å². The molecule has 0 spiro atoms. The van der Waals surface area contributed by atoms with Gasteiger partial charge >= 0.3 is 0 Å². The standard InChI is InChI=1S/C20H29BrN4O.HI/c1-2-22-19(23-14-18(26)25-12-6-3-7-13-25)24-15-20(10-11-20)16-8-4-5-9-17(16)21;/h4-5,8-9H,2-3,6-7,10-15H2,1H3,(H2,22,23,24);1H. The maximum Gasteiger partial charge on any atom is 0.244 e. The molecule has 2 N–H and O–H groups in total. The van der Waals surface area contributed by atoms with Gasteiger partial charge in [0.2, 0.25) is 5.91 Å². The first kappa shape index (κ1) is 22.5. The highest BCUT2D eigenvalue weighted by atomic mass is 127. The van der Waals surface area contributed by atoms with Crippen LogP contribution in [0.25, 0.3) is 0 Å². The molecule has 0 atom stereocenters. The molecule has 0 bridgehead atoms. The summed E-state index contributed by atoms with van der Waals surface area (Å²) >= 11 is 3.68. The summed E-state index contributed by atoms with van der Waals surface area (Å²) in [6.07, 6.45) is 5.81. The van der Waals surface area contributed by atoms with Crippen molar-refractivity contribution in [2.75, 3.05) is 32.7 Å². The molecule has 1 saturated heterocycles. The summed E-state index contributed by atoms with van der Waals surface area (Å²) in [5.41, 5.74) is 1.53. The van der Waals surface area contributed by atoms with Crippen molar-refractivity contribution in [3.63, 3.8) is 0 Å². The van der Waals surface area contributed by atoms with Gasteiger partial charge in [-0.25, -0.2) is 4.99 Å². The average Bonchev–Trinajstić information content (AvgIpc) is 3.46. The van der Waals surface area contributed by atoms with Gasteiger partial charge < -0.3 is 15.5 Å². The van der Waals surface area contributed by atoms with Crippen molar-refractivity contribution in [3.05, 3.63) is 34.3 Å². The first-order valence-corrected chi connectivity index (χ1v) is 10.5. The average molecular weight is 549 g/mol. The largest absolute Gasteiger partial charge is 0.357 e. The first-order chi connectivity index (χ1) is 12.6. The molecule has 2 aliphatic rings. The lowest BCUT2D eigenvalue weighted by Gasteiger charge is -2.26. The molecule has 0 radical (unpaired) electrons. The lowest BCUT2D eigenvalue weighted by atomic mass is 9.96. The lowest BCUT2D eigenvalue weighted by Crippen LogP contribution is -2.43. The highest BCUT2D eigenvalue weighted by Gasteiger charge is 2.45. The summed E-state index contributed by atoms with van der Waals surface area (Å²) in [6.45, 7) is 5.64. The maximum absolute atomic E-state index is 12.3. The summed E-state index contributed by atoms with van der Waals surface area (Å²) in [4.78, 5) is 18.8. The lowest BCUT2D eigenvalue weighted by molar-refractivity contribution is -0.130. The smallest absolute Gasteiger partial charge is 0.244 e. The van der Waals surface area contributed by atoms with E-state index in [0.717, 1.165) is 45.0 Å². The Hall–Kier alpha value is -0.830. The highest BCUT2D eigenvalue weighted by Crippen LogP contribution is 2.49. The number of guanidine groups is 1. The number of carbonyl (C=O) groups excluding carboxylic acids is 1. The molecule has 1 aliphatic carbocycles. The van der Waals surface area contributed by atoms with Gasteiger partial charge in [-0.05, 0) is 50.7 Å². The second-order valence-corrected chi connectivity index (χ2v) is 8.10. The molecule has 1 aromatic carbocycles. The topological polar surface area (TPSA) is 56.7 Å². The number of benzene rings is 1. The van der Waals surface area contributed by atoms with Gasteiger partial charge in [-0.3, -0.25) is 4.79 Å². The van der Waals surface area contributed by atoms with Crippen LogP contribution in [0, 0.1) is 0 Å². The number of aliphatic imine (C=N–C) groups is 1. The van der Waals surface area contributed by atoms with Crippen LogP contribution in [0.15, 0.2) is 33.7 Å². The zero-order valence-corrected chi connectivity index (χ0v) is 19.9. The number of hydrogen-bond acceptors (Lipinski definition) is 2. The zero-order valence-electron chi connectivity index (χ0n) is 16.0. The van der Waals surface area contributed by atoms with Gasteiger partial charge in [0.15, 0.2) is 5.96 Å². The normalized spacial score (nSPS) is 18.4. The minimum Gasteiger partial charge on any atom is -0.357 e. The van der Waals surface area contributed by atoms with Crippen LogP contribution in [0.4, 0.5) is 0 Å². The fraction of sp³-hybridized carbons (Fsp3) is 0.600. The third-order valence-electron chi connectivity index (χ3n) is 5.32. The molecule has 1 aliphatic heterocycles. The molecule has 5 nitrogen and oxygen atoms in total. The Morgan fingerprint density at radius 2 is 1.89 bits per heavy atom. The van der Waals surface area contributed by atoms with E-state index >= 15 is 0 Å². The maximum atomic E-state index is 12.3. The van der Waals surface area contributed by atoms with E-state index < -0.39 is 0 Å². The summed E-state index contributed by atoms with van der Waals surface area (Å²) in [6, 6.07) is 8.44. The minimum atomic E-state index is 0. The third-order valence-corrected chi connectivity index (χ3v) is 6.01. The van der Waals surface area contributed by atoms with Crippen molar-refractivity contribution < 1.29 is 4.79 Å². The Morgan fingerprint density at radius 1 is 1.19 bits per heavy atom. The van der Waals surface area contributed by atoms with E-state index in [-0.39, 0.29) is 41.8 Å². The second kappa shape index (κ2) is 10.6. The molecule has 0 aromatic heterocycles. The Balaban J connectivity index is 0.00000261. The molecule has 3 rings (SSSR count). The fourth-order valence-electron chi connectivity index (χ4n) is 3.57. The minimum absolute atomic E-state index is 0. The number of amides is 1. The van der Waals surface area contributed by atoms with Crippen molar-refractivity contribution >= 4 is 51.8 Å². The zero-order chi connectivity index (χ0) is 18.4. The molecule has 1 amide bonds. The van der Waals surface area contributed by atoms with Gasteiger partial charge in [-0.2, -0.15) is 0 Å². The van der Waals surface area contributed by atoms with Crippen LogP contribution in [-0.2, 0) is 10.2 Å². The summed E-state index contributed by atoms with van der Waals surface area (Å²) in [5.74, 6) is 0.866. The van der Waals surface area contributed by atoms with Crippen LogP contribution in [0.3, 0.4) is 0 Å². The number of rotatable bonds is 6. The van der Waals surface area contributed by atoms with Crippen molar-refractivity contribution in [2.45, 2.75) is 44.4 Å². The van der Waals surface area contributed by atoms with E-state index in [4.69, 9.17) is 0 Å². The molecule has 1 saturated carbocycles. The Labute approximate surface area is 187 Å². The van der Waals surface area contributed by atoms with E-state index in [2.05, 4.69) is 55.8 Å². The Bertz CT molecular complexity index is 657. The second-order valence-electron chi connectivity index (χ2n) is 7.25. The number of piperidine rings is 1. The van der Waals surface area contributed by atoms with Gasteiger partial charge in [-0.1, -0.05) is 34.1 Å². The molecular weight excluding hydrogens is 519 g/mol. The van der Waals surface area contributed by atoms with Gasteiger partial charge in [0.1, 0.15) is 6.54 Å². The van der Waals surface area contributed by atoms with Crippen molar-refractivity contribution in [1.82, 2.24) is 15.5 Å². The molecule has 27 heavy (non-hydrogen) atoms. The molecule has 1 aromatic rings. The summed E-state index contributed by atoms with van der Waals surface area (Å²) in [7, 11) is 0. The Kier molecular flexibility index (Phi) is 8.85. The molecule has 150 valence electrons. The van der Waals surface area contributed by atoms with Crippen LogP contribution in [-0.4, -0.2) is 49.5 Å². The molecular formula is C20H30BrIN4O. The van der Waals surface area contributed by atoms with Crippen molar-refractivity contribution in [2.24, 2.45) is 4.99 Å². The molecule has 0 unspecified atom stereocenters. The van der Waals surface area contributed by atoms with Gasteiger partial charge in [0.25, 0.3) is 0 Å². The van der Waals surface area contributed by atoms with Crippen LogP contribution in [0.1, 0.15) is 44.6 Å². The third kappa shape index (κ3) is 6.07. The number of carbonyl (C=O) groups is 1. The fourth-order valence-corrected chi connectivity index (χ4v) is 4.27. The van der Waals surface area contributed by atoms with E-state index in [1.54, 1.807) is 0 Å². The van der Waals surface area contributed by atoms with Crippen LogP contribution < -0.4 is 10.6 Å². The number of halogens is 2. The summed E-state index contributed by atoms with van der Waals surface area (Å²) < 4.78 is 1.17. The van der Waals surface area contributed by atoms with Crippen molar-refractivity contribution in [3.8, 4) is 0 Å². The van der Waals surface area contributed by atoms with Crippen LogP contribution in [0.2, 0.25) is 0 Å². The number of nitrogens with zero attached hydrogens (tertiary/aromatic N) is 2.